The molecule has 0 bridgehead atoms. The SMILES string of the molecule is Cl.NCc1ccc(S(=O)(=O)Cc2ccccc2)cc1. The first-order chi connectivity index (χ1) is 8.62. The minimum atomic E-state index is -3.28. The molecule has 0 amide bonds. The minimum Gasteiger partial charge on any atom is -0.326 e. The summed E-state index contributed by atoms with van der Waals surface area (Å²) in [5.41, 5.74) is 7.20. The average Bonchev–Trinajstić information content (AvgIpc) is 2.39. The summed E-state index contributed by atoms with van der Waals surface area (Å²) in [4.78, 5) is 0.337. The van der Waals surface area contributed by atoms with Crippen molar-refractivity contribution >= 4 is 22.2 Å². The van der Waals surface area contributed by atoms with E-state index in [1.165, 1.54) is 0 Å². The molecule has 102 valence electrons. The second-order valence-corrected chi connectivity index (χ2v) is 6.08. The normalized spacial score (nSPS) is 10.8. The highest BCUT2D eigenvalue weighted by molar-refractivity contribution is 7.90. The fourth-order valence-electron chi connectivity index (χ4n) is 1.71. The van der Waals surface area contributed by atoms with Crippen LogP contribution in [0, 0.1) is 0 Å². The van der Waals surface area contributed by atoms with E-state index in [0.717, 1.165) is 11.1 Å². The fraction of sp³-hybridized carbons (Fsp3) is 0.143. The number of sulfone groups is 1. The third-order valence-electron chi connectivity index (χ3n) is 2.72. The van der Waals surface area contributed by atoms with Gasteiger partial charge in [-0.3, -0.25) is 0 Å². The van der Waals surface area contributed by atoms with Gasteiger partial charge in [0.1, 0.15) is 0 Å². The third-order valence-corrected chi connectivity index (χ3v) is 4.42. The maximum absolute atomic E-state index is 12.2. The molecule has 0 heterocycles. The van der Waals surface area contributed by atoms with Crippen molar-refractivity contribution < 1.29 is 8.42 Å². The van der Waals surface area contributed by atoms with E-state index in [1.54, 1.807) is 24.3 Å². The Hall–Kier alpha value is -1.36. The number of benzene rings is 2. The number of halogens is 1. The molecule has 0 radical (unpaired) electrons. The van der Waals surface area contributed by atoms with Gasteiger partial charge in [0.25, 0.3) is 0 Å². The molecule has 0 aliphatic carbocycles. The molecule has 0 aromatic heterocycles. The van der Waals surface area contributed by atoms with E-state index in [9.17, 15) is 8.42 Å². The van der Waals surface area contributed by atoms with Crippen molar-refractivity contribution in [3.63, 3.8) is 0 Å². The molecule has 19 heavy (non-hydrogen) atoms. The van der Waals surface area contributed by atoms with Crippen LogP contribution in [0.4, 0.5) is 0 Å². The largest absolute Gasteiger partial charge is 0.326 e. The van der Waals surface area contributed by atoms with Crippen LogP contribution >= 0.6 is 12.4 Å². The van der Waals surface area contributed by atoms with Gasteiger partial charge in [-0.15, -0.1) is 12.4 Å². The van der Waals surface area contributed by atoms with Gasteiger partial charge in [0.2, 0.25) is 0 Å². The van der Waals surface area contributed by atoms with Crippen LogP contribution in [0.2, 0.25) is 0 Å². The molecule has 0 unspecified atom stereocenters. The van der Waals surface area contributed by atoms with Gasteiger partial charge >= 0.3 is 0 Å². The van der Waals surface area contributed by atoms with E-state index < -0.39 is 9.84 Å². The van der Waals surface area contributed by atoms with Crippen LogP contribution < -0.4 is 5.73 Å². The van der Waals surface area contributed by atoms with Gasteiger partial charge in [0, 0.05) is 6.54 Å². The van der Waals surface area contributed by atoms with Crippen LogP contribution in [0.5, 0.6) is 0 Å². The minimum absolute atomic E-state index is 0. The molecule has 2 rings (SSSR count). The van der Waals surface area contributed by atoms with Crippen molar-refractivity contribution in [2.45, 2.75) is 17.2 Å². The highest BCUT2D eigenvalue weighted by Gasteiger charge is 2.14. The van der Waals surface area contributed by atoms with Crippen LogP contribution in [0.25, 0.3) is 0 Å². The number of hydrogen-bond acceptors (Lipinski definition) is 3. The summed E-state index contributed by atoms with van der Waals surface area (Å²) in [5.74, 6) is 0.0236. The number of nitrogens with two attached hydrogens (primary N) is 1. The van der Waals surface area contributed by atoms with Crippen LogP contribution in [-0.2, 0) is 22.1 Å². The zero-order chi connectivity index (χ0) is 13.0. The Kier molecular flexibility index (Phi) is 5.54. The summed E-state index contributed by atoms with van der Waals surface area (Å²) in [5, 5.41) is 0. The highest BCUT2D eigenvalue weighted by Crippen LogP contribution is 2.16. The van der Waals surface area contributed by atoms with E-state index in [0.29, 0.717) is 11.4 Å². The van der Waals surface area contributed by atoms with Crippen molar-refractivity contribution in [2.75, 3.05) is 0 Å². The molecular weight excluding hydrogens is 282 g/mol. The van der Waals surface area contributed by atoms with Crippen molar-refractivity contribution in [3.8, 4) is 0 Å². The molecule has 0 aliphatic heterocycles. The topological polar surface area (TPSA) is 60.2 Å². The highest BCUT2D eigenvalue weighted by atomic mass is 35.5. The standard InChI is InChI=1S/C14H15NO2S.ClH/c15-10-12-6-8-14(9-7-12)18(16,17)11-13-4-2-1-3-5-13;/h1-9H,10-11,15H2;1H. The average molecular weight is 298 g/mol. The van der Waals surface area contributed by atoms with Crippen molar-refractivity contribution in [3.05, 3.63) is 65.7 Å². The lowest BCUT2D eigenvalue weighted by atomic mass is 10.2. The van der Waals surface area contributed by atoms with Crippen molar-refractivity contribution in [1.82, 2.24) is 0 Å². The molecule has 0 spiro atoms. The summed E-state index contributed by atoms with van der Waals surface area (Å²) in [7, 11) is -3.28. The zero-order valence-corrected chi connectivity index (χ0v) is 12.0. The van der Waals surface area contributed by atoms with Gasteiger partial charge in [0.15, 0.2) is 9.84 Å². The molecular formula is C14H16ClNO2S. The molecule has 0 atom stereocenters. The first kappa shape index (κ1) is 15.7. The predicted molar refractivity (Wildman–Crippen MR) is 78.9 cm³/mol. The second-order valence-electron chi connectivity index (χ2n) is 4.09. The van der Waals surface area contributed by atoms with E-state index in [1.807, 2.05) is 30.3 Å². The number of rotatable bonds is 4. The zero-order valence-electron chi connectivity index (χ0n) is 10.3. The molecule has 0 saturated heterocycles. The summed E-state index contributed by atoms with van der Waals surface area (Å²) < 4.78 is 24.3. The van der Waals surface area contributed by atoms with Crippen molar-refractivity contribution in [2.24, 2.45) is 5.73 Å². The molecule has 5 heteroatoms. The fourth-order valence-corrected chi connectivity index (χ4v) is 3.06. The Labute approximate surface area is 119 Å². The lowest BCUT2D eigenvalue weighted by Crippen LogP contribution is -2.05. The molecule has 0 aliphatic rings. The molecule has 2 N–H and O–H groups in total. The van der Waals surface area contributed by atoms with Gasteiger partial charge in [0.05, 0.1) is 10.6 Å². The molecule has 3 nitrogen and oxygen atoms in total. The van der Waals surface area contributed by atoms with Crippen LogP contribution in [0.15, 0.2) is 59.5 Å². The van der Waals surface area contributed by atoms with Gasteiger partial charge < -0.3 is 5.73 Å². The van der Waals surface area contributed by atoms with Crippen LogP contribution in [-0.4, -0.2) is 8.42 Å². The Morgan fingerprint density at radius 1 is 0.842 bits per heavy atom. The summed E-state index contributed by atoms with van der Waals surface area (Å²) in [6.07, 6.45) is 0. The molecule has 2 aromatic rings. The molecule has 2 aromatic carbocycles. The lowest BCUT2D eigenvalue weighted by Gasteiger charge is -2.05. The monoisotopic (exact) mass is 297 g/mol. The second kappa shape index (κ2) is 6.70. The van der Waals surface area contributed by atoms with Crippen molar-refractivity contribution in [1.29, 1.82) is 0 Å². The predicted octanol–water partition coefficient (Wildman–Crippen LogP) is 2.54. The molecule has 0 fully saturated rings. The van der Waals surface area contributed by atoms with E-state index in [2.05, 4.69) is 0 Å². The summed E-state index contributed by atoms with van der Waals surface area (Å²) in [6, 6.07) is 15.9. The first-order valence-electron chi connectivity index (χ1n) is 5.67. The Morgan fingerprint density at radius 3 is 1.95 bits per heavy atom. The summed E-state index contributed by atoms with van der Waals surface area (Å²) in [6.45, 7) is 0.416. The Morgan fingerprint density at radius 2 is 1.42 bits per heavy atom. The van der Waals surface area contributed by atoms with Gasteiger partial charge in [-0.05, 0) is 23.3 Å². The van der Waals surface area contributed by atoms with Gasteiger partial charge in [-0.1, -0.05) is 42.5 Å². The third kappa shape index (κ3) is 4.06. The van der Waals surface area contributed by atoms with Crippen LogP contribution in [0.1, 0.15) is 11.1 Å². The Bertz CT molecular complexity index is 610. The van der Waals surface area contributed by atoms with Gasteiger partial charge in [-0.25, -0.2) is 8.42 Å². The maximum Gasteiger partial charge on any atom is 0.182 e. The summed E-state index contributed by atoms with van der Waals surface area (Å²) >= 11 is 0. The smallest absolute Gasteiger partial charge is 0.182 e. The maximum atomic E-state index is 12.2. The molecule has 0 saturated carbocycles. The van der Waals surface area contributed by atoms with E-state index in [-0.39, 0.29) is 18.2 Å². The lowest BCUT2D eigenvalue weighted by molar-refractivity contribution is 0.595. The Balaban J connectivity index is 0.00000180. The van der Waals surface area contributed by atoms with Gasteiger partial charge in [-0.2, -0.15) is 0 Å². The number of hydrogen-bond donors (Lipinski definition) is 1. The quantitative estimate of drug-likeness (QED) is 0.943. The van der Waals surface area contributed by atoms with Crippen LogP contribution in [0.3, 0.4) is 0 Å². The van der Waals surface area contributed by atoms with E-state index in [4.69, 9.17) is 5.73 Å². The first-order valence-corrected chi connectivity index (χ1v) is 7.33. The van der Waals surface area contributed by atoms with E-state index >= 15 is 0 Å².